The summed E-state index contributed by atoms with van der Waals surface area (Å²) in [4.78, 5) is 25.4. The van der Waals surface area contributed by atoms with Crippen molar-refractivity contribution in [2.45, 2.75) is 17.4 Å². The number of anilines is 2. The van der Waals surface area contributed by atoms with Crippen LogP contribution in [0.3, 0.4) is 0 Å². The number of fused-ring (bicyclic) bond motifs is 2. The van der Waals surface area contributed by atoms with E-state index >= 15 is 0 Å². The standard InChI is InChI=1S/C18H17N3O5S/c1-21-14-4-2-3-5-15(14)26-16(18(21)23)10-19-27(24,25)12-6-7-13-11(8-12)9-17(22)20-13/h2-8,16,19H,9-10H2,1H3,(H,20,22). The highest BCUT2D eigenvalue weighted by Crippen LogP contribution is 2.32. The number of carbonyl (C=O) groups is 2. The summed E-state index contributed by atoms with van der Waals surface area (Å²) in [5.41, 5.74) is 1.88. The van der Waals surface area contributed by atoms with Crippen LogP contribution in [0.5, 0.6) is 5.75 Å². The summed E-state index contributed by atoms with van der Waals surface area (Å²) in [5.74, 6) is 0.0153. The molecule has 1 unspecified atom stereocenters. The van der Waals surface area contributed by atoms with Crippen molar-refractivity contribution in [3.63, 3.8) is 0 Å². The number of hydrogen-bond donors (Lipinski definition) is 2. The quantitative estimate of drug-likeness (QED) is 0.811. The first-order valence-corrected chi connectivity index (χ1v) is 9.79. The van der Waals surface area contributed by atoms with Crippen molar-refractivity contribution < 1.29 is 22.7 Å². The number of likely N-dealkylation sites (N-methyl/N-ethyl adjacent to an activating group) is 1. The van der Waals surface area contributed by atoms with Gasteiger partial charge in [-0.25, -0.2) is 13.1 Å². The molecule has 0 radical (unpaired) electrons. The topological polar surface area (TPSA) is 105 Å². The Morgan fingerprint density at radius 3 is 2.81 bits per heavy atom. The number of rotatable bonds is 4. The molecule has 140 valence electrons. The SMILES string of the molecule is CN1C(=O)C(CNS(=O)(=O)c2ccc3c(c2)CC(=O)N3)Oc2ccccc21. The molecule has 2 N–H and O–H groups in total. The molecule has 2 aromatic rings. The average molecular weight is 387 g/mol. The van der Waals surface area contributed by atoms with Crippen LogP contribution in [-0.2, 0) is 26.0 Å². The van der Waals surface area contributed by atoms with Gasteiger partial charge in [-0.3, -0.25) is 9.59 Å². The molecule has 4 rings (SSSR count). The largest absolute Gasteiger partial charge is 0.477 e. The van der Waals surface area contributed by atoms with Gasteiger partial charge in [0.15, 0.2) is 6.10 Å². The fraction of sp³-hybridized carbons (Fsp3) is 0.222. The Balaban J connectivity index is 1.51. The van der Waals surface area contributed by atoms with Crippen LogP contribution in [0, 0.1) is 0 Å². The van der Waals surface area contributed by atoms with Crippen LogP contribution in [0.2, 0.25) is 0 Å². The van der Waals surface area contributed by atoms with Gasteiger partial charge in [0.05, 0.1) is 23.5 Å². The molecule has 0 saturated carbocycles. The number of nitrogens with one attached hydrogen (secondary N) is 2. The van der Waals surface area contributed by atoms with Gasteiger partial charge in [-0.2, -0.15) is 0 Å². The van der Waals surface area contributed by atoms with Crippen LogP contribution >= 0.6 is 0 Å². The number of ether oxygens (including phenoxy) is 1. The van der Waals surface area contributed by atoms with E-state index in [0.29, 0.717) is 22.7 Å². The monoisotopic (exact) mass is 387 g/mol. The summed E-state index contributed by atoms with van der Waals surface area (Å²) >= 11 is 0. The molecule has 2 aliphatic rings. The lowest BCUT2D eigenvalue weighted by Gasteiger charge is -2.31. The Morgan fingerprint density at radius 1 is 1.22 bits per heavy atom. The summed E-state index contributed by atoms with van der Waals surface area (Å²) in [5, 5.41) is 2.66. The van der Waals surface area contributed by atoms with Crippen molar-refractivity contribution in [2.75, 3.05) is 23.8 Å². The van der Waals surface area contributed by atoms with Crippen molar-refractivity contribution in [1.82, 2.24) is 4.72 Å². The van der Waals surface area contributed by atoms with Crippen LogP contribution in [0.4, 0.5) is 11.4 Å². The highest BCUT2D eigenvalue weighted by atomic mass is 32.2. The summed E-state index contributed by atoms with van der Waals surface area (Å²) in [6, 6.07) is 11.5. The number of sulfonamides is 1. The molecule has 2 amide bonds. The van der Waals surface area contributed by atoms with E-state index in [1.807, 2.05) is 0 Å². The van der Waals surface area contributed by atoms with Crippen molar-refractivity contribution in [3.8, 4) is 5.75 Å². The predicted octanol–water partition coefficient (Wildman–Crippen LogP) is 0.883. The molecule has 0 aliphatic carbocycles. The molecule has 0 saturated heterocycles. The van der Waals surface area contributed by atoms with Gasteiger partial charge < -0.3 is 15.0 Å². The summed E-state index contributed by atoms with van der Waals surface area (Å²) in [6.45, 7) is -0.200. The first kappa shape index (κ1) is 17.5. The number of amides is 2. The van der Waals surface area contributed by atoms with Gasteiger partial charge >= 0.3 is 0 Å². The second-order valence-electron chi connectivity index (χ2n) is 6.37. The fourth-order valence-electron chi connectivity index (χ4n) is 3.14. The lowest BCUT2D eigenvalue weighted by atomic mass is 10.2. The summed E-state index contributed by atoms with van der Waals surface area (Å²) in [6.07, 6.45) is -0.817. The Morgan fingerprint density at radius 2 is 2.00 bits per heavy atom. The Labute approximate surface area is 156 Å². The molecule has 2 aromatic carbocycles. The molecule has 0 aromatic heterocycles. The number of benzene rings is 2. The molecular formula is C18H17N3O5S. The van der Waals surface area contributed by atoms with Gasteiger partial charge in [0.2, 0.25) is 15.9 Å². The second kappa shape index (κ2) is 6.36. The summed E-state index contributed by atoms with van der Waals surface area (Å²) < 4.78 is 33.3. The van der Waals surface area contributed by atoms with E-state index in [9.17, 15) is 18.0 Å². The summed E-state index contributed by atoms with van der Waals surface area (Å²) in [7, 11) is -2.24. The van der Waals surface area contributed by atoms with E-state index in [1.54, 1.807) is 37.4 Å². The van der Waals surface area contributed by atoms with Crippen LogP contribution in [-0.4, -0.2) is 39.9 Å². The molecule has 9 heteroatoms. The highest BCUT2D eigenvalue weighted by molar-refractivity contribution is 7.89. The van der Waals surface area contributed by atoms with Gasteiger partial charge in [0, 0.05) is 12.7 Å². The van der Waals surface area contributed by atoms with Crippen molar-refractivity contribution in [1.29, 1.82) is 0 Å². The Kier molecular flexibility index (Phi) is 4.12. The first-order valence-electron chi connectivity index (χ1n) is 8.31. The minimum Gasteiger partial charge on any atom is -0.477 e. The van der Waals surface area contributed by atoms with Gasteiger partial charge in [-0.05, 0) is 35.9 Å². The third-order valence-corrected chi connectivity index (χ3v) is 5.99. The Bertz CT molecular complexity index is 1050. The lowest BCUT2D eigenvalue weighted by Crippen LogP contribution is -2.49. The van der Waals surface area contributed by atoms with Crippen molar-refractivity contribution in [3.05, 3.63) is 48.0 Å². The number of nitrogens with zero attached hydrogens (tertiary/aromatic N) is 1. The van der Waals surface area contributed by atoms with E-state index in [-0.39, 0.29) is 29.7 Å². The zero-order chi connectivity index (χ0) is 19.2. The molecular weight excluding hydrogens is 370 g/mol. The van der Waals surface area contributed by atoms with Crippen LogP contribution in [0.25, 0.3) is 0 Å². The van der Waals surface area contributed by atoms with Crippen LogP contribution in [0.1, 0.15) is 5.56 Å². The van der Waals surface area contributed by atoms with Crippen molar-refractivity contribution in [2.24, 2.45) is 0 Å². The maximum Gasteiger partial charge on any atom is 0.269 e. The second-order valence-corrected chi connectivity index (χ2v) is 8.13. The van der Waals surface area contributed by atoms with Gasteiger partial charge in [0.25, 0.3) is 5.91 Å². The Hall–Kier alpha value is -2.91. The number of para-hydroxylation sites is 2. The molecule has 8 nitrogen and oxygen atoms in total. The minimum absolute atomic E-state index is 0.0368. The first-order chi connectivity index (χ1) is 12.8. The molecule has 2 heterocycles. The smallest absolute Gasteiger partial charge is 0.269 e. The molecule has 0 bridgehead atoms. The number of carbonyl (C=O) groups excluding carboxylic acids is 2. The molecule has 0 spiro atoms. The lowest BCUT2D eigenvalue weighted by molar-refractivity contribution is -0.125. The minimum atomic E-state index is -3.86. The highest BCUT2D eigenvalue weighted by Gasteiger charge is 2.33. The van der Waals surface area contributed by atoms with E-state index in [1.165, 1.54) is 17.0 Å². The van der Waals surface area contributed by atoms with Crippen LogP contribution < -0.4 is 19.7 Å². The van der Waals surface area contributed by atoms with Gasteiger partial charge in [0.1, 0.15) is 5.75 Å². The normalized spacial score (nSPS) is 18.6. The van der Waals surface area contributed by atoms with Gasteiger partial charge in [-0.1, -0.05) is 12.1 Å². The molecule has 27 heavy (non-hydrogen) atoms. The maximum atomic E-state index is 12.6. The predicted molar refractivity (Wildman–Crippen MR) is 98.2 cm³/mol. The molecule has 0 fully saturated rings. The van der Waals surface area contributed by atoms with E-state index in [0.717, 1.165) is 0 Å². The van der Waals surface area contributed by atoms with Crippen molar-refractivity contribution >= 4 is 33.2 Å². The fourth-order valence-corrected chi connectivity index (χ4v) is 4.22. The van der Waals surface area contributed by atoms with E-state index < -0.39 is 16.1 Å². The van der Waals surface area contributed by atoms with E-state index in [4.69, 9.17) is 4.74 Å². The number of hydrogen-bond acceptors (Lipinski definition) is 5. The average Bonchev–Trinajstić information content (AvgIpc) is 3.02. The third-order valence-electron chi connectivity index (χ3n) is 4.57. The maximum absolute atomic E-state index is 12.6. The third kappa shape index (κ3) is 3.15. The zero-order valence-electron chi connectivity index (χ0n) is 14.4. The zero-order valence-corrected chi connectivity index (χ0v) is 15.2. The van der Waals surface area contributed by atoms with Gasteiger partial charge in [-0.15, -0.1) is 0 Å². The van der Waals surface area contributed by atoms with Crippen LogP contribution in [0.15, 0.2) is 47.4 Å². The van der Waals surface area contributed by atoms with E-state index in [2.05, 4.69) is 10.0 Å². The molecule has 2 aliphatic heterocycles. The molecule has 1 atom stereocenters.